The van der Waals surface area contributed by atoms with E-state index in [1.54, 1.807) is 7.05 Å². The Morgan fingerprint density at radius 1 is 1.31 bits per heavy atom. The van der Waals surface area contributed by atoms with Crippen molar-refractivity contribution in [3.63, 3.8) is 0 Å². The largest absolute Gasteiger partial charge is 0.383 e. The number of hydrogen-bond donors (Lipinski definition) is 2. The molecular weight excluding hydrogens is 444 g/mol. The Labute approximate surface area is 216 Å². The van der Waals surface area contributed by atoms with E-state index in [-0.39, 0.29) is 0 Å². The molecule has 190 valence electrons. The van der Waals surface area contributed by atoms with Crippen molar-refractivity contribution in [1.29, 1.82) is 0 Å². The molecule has 3 rings (SSSR count). The van der Waals surface area contributed by atoms with Crippen molar-refractivity contribution in [2.24, 2.45) is 16.8 Å². The van der Waals surface area contributed by atoms with E-state index < -0.39 is 0 Å². The summed E-state index contributed by atoms with van der Waals surface area (Å²) >= 11 is 0. The quantitative estimate of drug-likeness (QED) is 0.342. The highest BCUT2D eigenvalue weighted by molar-refractivity contribution is 6.12. The van der Waals surface area contributed by atoms with Crippen LogP contribution in [0, 0.1) is 11.8 Å². The normalized spacial score (nSPS) is 18.8. The summed E-state index contributed by atoms with van der Waals surface area (Å²) < 4.78 is 0. The van der Waals surface area contributed by atoms with E-state index in [0.29, 0.717) is 17.7 Å². The Morgan fingerprint density at radius 2 is 2.11 bits per heavy atom. The number of allylic oxidation sites excluding steroid dienone is 5. The minimum absolute atomic E-state index is 0.584. The predicted octanol–water partition coefficient (Wildman–Crippen LogP) is 5.55. The summed E-state index contributed by atoms with van der Waals surface area (Å²) in [6, 6.07) is 8.28. The summed E-state index contributed by atoms with van der Waals surface area (Å²) in [7, 11) is 5.79. The zero-order chi connectivity index (χ0) is 26.1. The Bertz CT molecular complexity index is 1160. The molecule has 2 heterocycles. The van der Waals surface area contributed by atoms with Crippen molar-refractivity contribution in [1.82, 2.24) is 20.2 Å². The van der Waals surface area contributed by atoms with Crippen LogP contribution in [0.4, 0.5) is 5.82 Å². The van der Waals surface area contributed by atoms with Crippen LogP contribution in [0.3, 0.4) is 0 Å². The zero-order valence-electron chi connectivity index (χ0n) is 22.4. The lowest BCUT2D eigenvalue weighted by atomic mass is 9.88. The van der Waals surface area contributed by atoms with Gasteiger partial charge in [0.05, 0.1) is 0 Å². The molecule has 2 unspecified atom stereocenters. The molecule has 0 spiro atoms. The van der Waals surface area contributed by atoms with Crippen LogP contribution < -0.4 is 10.6 Å². The summed E-state index contributed by atoms with van der Waals surface area (Å²) in [5.74, 6) is 2.69. The van der Waals surface area contributed by atoms with E-state index in [0.717, 1.165) is 65.3 Å². The number of nitrogens with one attached hydrogen (secondary N) is 2. The van der Waals surface area contributed by atoms with Gasteiger partial charge in [-0.05, 0) is 55.5 Å². The van der Waals surface area contributed by atoms with Gasteiger partial charge in [0.2, 0.25) is 0 Å². The molecule has 0 aliphatic carbocycles. The van der Waals surface area contributed by atoms with E-state index in [4.69, 9.17) is 9.97 Å². The first kappa shape index (κ1) is 27.1. The monoisotopic (exact) mass is 484 g/mol. The number of rotatable bonds is 10. The molecule has 0 bridgehead atoms. The van der Waals surface area contributed by atoms with Gasteiger partial charge in [-0.2, -0.15) is 0 Å². The highest BCUT2D eigenvalue weighted by atomic mass is 15.0. The van der Waals surface area contributed by atoms with Crippen molar-refractivity contribution in [3.8, 4) is 11.4 Å². The van der Waals surface area contributed by atoms with Crippen molar-refractivity contribution < 1.29 is 0 Å². The summed E-state index contributed by atoms with van der Waals surface area (Å²) in [6.45, 7) is 15.3. The summed E-state index contributed by atoms with van der Waals surface area (Å²) in [5.41, 5.74) is 5.88. The molecule has 0 radical (unpaired) electrons. The highest BCUT2D eigenvalue weighted by Crippen LogP contribution is 2.28. The number of anilines is 1. The fraction of sp³-hybridized carbons (Fsp3) is 0.367. The van der Waals surface area contributed by atoms with Crippen molar-refractivity contribution in [3.05, 3.63) is 78.7 Å². The second kappa shape index (κ2) is 13.0. The Balaban J connectivity index is 2.04. The van der Waals surface area contributed by atoms with E-state index in [2.05, 4.69) is 54.0 Å². The molecule has 1 aromatic carbocycles. The van der Waals surface area contributed by atoms with Gasteiger partial charge in [0.25, 0.3) is 0 Å². The first-order chi connectivity index (χ1) is 17.3. The molecule has 1 aliphatic heterocycles. The van der Waals surface area contributed by atoms with Crippen molar-refractivity contribution in [2.45, 2.75) is 20.3 Å². The van der Waals surface area contributed by atoms with Gasteiger partial charge >= 0.3 is 0 Å². The molecule has 1 aliphatic rings. The molecule has 6 heteroatoms. The standard InChI is InChI=1S/C30H40N6/c1-8-23(20-36(6)7)24-10-9-11-25(15-24)29-34-19-28(27(17-31-5)14-21(2)3)30(35-29)33-18-26-12-13-32-16-22(26)4/h8-11,14-15,17,19-20,22,26,32H,1-2,12-13,16,18H2,3-7H3,(H,33,34,35)/b23-20+,27-14+,31-17?. The first-order valence-corrected chi connectivity index (χ1v) is 12.5. The Kier molecular flexibility index (Phi) is 9.77. The topological polar surface area (TPSA) is 65.4 Å². The maximum atomic E-state index is 5.02. The number of aromatic nitrogens is 2. The number of aliphatic imine (C=N–C) groups is 1. The maximum Gasteiger partial charge on any atom is 0.161 e. The molecule has 1 aromatic heterocycles. The molecule has 6 nitrogen and oxygen atoms in total. The highest BCUT2D eigenvalue weighted by Gasteiger charge is 2.22. The van der Waals surface area contributed by atoms with Crippen LogP contribution in [0.2, 0.25) is 0 Å². The smallest absolute Gasteiger partial charge is 0.161 e. The van der Waals surface area contributed by atoms with E-state index in [1.165, 1.54) is 0 Å². The molecule has 2 N–H and O–H groups in total. The van der Waals surface area contributed by atoms with Crippen molar-refractivity contribution >= 4 is 23.2 Å². The minimum atomic E-state index is 0.584. The second-order valence-electron chi connectivity index (χ2n) is 9.73. The second-order valence-corrected chi connectivity index (χ2v) is 9.73. The van der Waals surface area contributed by atoms with Gasteiger partial charge in [-0.15, -0.1) is 0 Å². The number of hydrogen-bond acceptors (Lipinski definition) is 6. The van der Waals surface area contributed by atoms with Crippen LogP contribution in [-0.2, 0) is 0 Å². The fourth-order valence-corrected chi connectivity index (χ4v) is 4.42. The molecule has 0 saturated carbocycles. The summed E-state index contributed by atoms with van der Waals surface area (Å²) in [5, 5.41) is 7.15. The molecule has 2 atom stereocenters. The number of piperidine rings is 1. The van der Waals surface area contributed by atoms with E-state index >= 15 is 0 Å². The van der Waals surface area contributed by atoms with Gasteiger partial charge in [-0.25, -0.2) is 9.97 Å². The summed E-state index contributed by atoms with van der Waals surface area (Å²) in [4.78, 5) is 16.1. The molecule has 2 aromatic rings. The lowest BCUT2D eigenvalue weighted by Gasteiger charge is -2.30. The minimum Gasteiger partial charge on any atom is -0.383 e. The molecular formula is C30H40N6. The average molecular weight is 485 g/mol. The Morgan fingerprint density at radius 3 is 2.78 bits per heavy atom. The fourth-order valence-electron chi connectivity index (χ4n) is 4.42. The van der Waals surface area contributed by atoms with Gasteiger partial charge in [-0.3, -0.25) is 4.99 Å². The first-order valence-electron chi connectivity index (χ1n) is 12.5. The average Bonchev–Trinajstić information content (AvgIpc) is 2.86. The van der Waals surface area contributed by atoms with Gasteiger partial charge in [0.1, 0.15) is 5.82 Å². The number of benzene rings is 1. The van der Waals surface area contributed by atoms with Gasteiger partial charge < -0.3 is 15.5 Å². The third-order valence-electron chi connectivity index (χ3n) is 6.34. The van der Waals surface area contributed by atoms with Crippen LogP contribution in [0.5, 0.6) is 0 Å². The molecule has 1 fully saturated rings. The van der Waals surface area contributed by atoms with Crippen LogP contribution >= 0.6 is 0 Å². The summed E-state index contributed by atoms with van der Waals surface area (Å²) in [6.07, 6.45) is 10.8. The van der Waals surface area contributed by atoms with E-state index in [1.807, 2.05) is 62.6 Å². The third kappa shape index (κ3) is 7.25. The van der Waals surface area contributed by atoms with Crippen LogP contribution in [0.25, 0.3) is 22.5 Å². The predicted molar refractivity (Wildman–Crippen MR) is 155 cm³/mol. The molecule has 36 heavy (non-hydrogen) atoms. The maximum absolute atomic E-state index is 5.02. The van der Waals surface area contributed by atoms with Gasteiger partial charge in [0.15, 0.2) is 5.82 Å². The lowest BCUT2D eigenvalue weighted by molar-refractivity contribution is 0.286. The molecule has 0 amide bonds. The SMILES string of the molecule is C=C/C(=C\N(C)C)c1cccc(-c2ncc(/C(C=NC)=C/C(=C)C)c(NCC3CCNCC3C)n2)c1. The Hall–Kier alpha value is -3.51. The molecule has 1 saturated heterocycles. The van der Waals surface area contributed by atoms with Crippen LogP contribution in [0.1, 0.15) is 31.4 Å². The van der Waals surface area contributed by atoms with Crippen LogP contribution in [-0.4, -0.2) is 61.9 Å². The lowest BCUT2D eigenvalue weighted by Crippen LogP contribution is -2.38. The van der Waals surface area contributed by atoms with E-state index in [9.17, 15) is 0 Å². The van der Waals surface area contributed by atoms with Gasteiger partial charge in [-0.1, -0.05) is 56.0 Å². The zero-order valence-corrected chi connectivity index (χ0v) is 22.4. The number of nitrogens with zero attached hydrogens (tertiary/aromatic N) is 4. The van der Waals surface area contributed by atoms with Crippen LogP contribution in [0.15, 0.2) is 72.5 Å². The third-order valence-corrected chi connectivity index (χ3v) is 6.34. The van der Waals surface area contributed by atoms with Gasteiger partial charge in [0, 0.05) is 63.0 Å². The van der Waals surface area contributed by atoms with Crippen molar-refractivity contribution in [2.75, 3.05) is 46.1 Å².